The summed E-state index contributed by atoms with van der Waals surface area (Å²) in [5.74, 6) is 0. The predicted octanol–water partition coefficient (Wildman–Crippen LogP) is 2.06. The fourth-order valence-electron chi connectivity index (χ4n) is 1.97. The molecule has 0 saturated carbocycles. The van der Waals surface area contributed by atoms with Crippen LogP contribution in [0.1, 0.15) is 32.3 Å². The molecule has 22 heavy (non-hydrogen) atoms. The third-order valence-corrected chi connectivity index (χ3v) is 4.52. The second-order valence-corrected chi connectivity index (χ2v) is 6.87. The van der Waals surface area contributed by atoms with E-state index < -0.39 is 10.0 Å². The van der Waals surface area contributed by atoms with Crippen molar-refractivity contribution >= 4 is 16.1 Å². The van der Waals surface area contributed by atoms with E-state index in [1.807, 2.05) is 20.8 Å². The molecule has 0 heterocycles. The minimum absolute atomic E-state index is 0.126. The Bertz CT molecular complexity index is 564. The van der Waals surface area contributed by atoms with E-state index in [9.17, 15) is 13.2 Å². The monoisotopic (exact) mass is 327 g/mol. The predicted molar refractivity (Wildman–Crippen MR) is 87.1 cm³/mol. The van der Waals surface area contributed by atoms with Crippen molar-refractivity contribution in [2.24, 2.45) is 0 Å². The summed E-state index contributed by atoms with van der Waals surface area (Å²) in [4.78, 5) is 13.8. The first-order valence-electron chi connectivity index (χ1n) is 7.49. The van der Waals surface area contributed by atoms with Crippen LogP contribution in [0.3, 0.4) is 0 Å². The first-order chi connectivity index (χ1) is 10.4. The van der Waals surface area contributed by atoms with E-state index in [1.54, 1.807) is 29.2 Å². The molecule has 0 aliphatic rings. The number of benzene rings is 1. The van der Waals surface area contributed by atoms with Crippen molar-refractivity contribution in [2.45, 2.75) is 38.5 Å². The van der Waals surface area contributed by atoms with Gasteiger partial charge in [-0.1, -0.05) is 31.5 Å². The Kier molecular flexibility index (Phi) is 7.34. The van der Waals surface area contributed by atoms with E-state index in [2.05, 4.69) is 10.0 Å². The summed E-state index contributed by atoms with van der Waals surface area (Å²) in [5.41, 5.74) is 0.988. The minimum Gasteiger partial charge on any atom is -0.325 e. The molecule has 124 valence electrons. The Hall–Kier alpha value is -1.60. The SMILES string of the molecule is CCCN(CCC)C(=O)NCNS(=O)(=O)c1ccc(C)cc1. The molecule has 1 aromatic carbocycles. The molecule has 0 fully saturated rings. The van der Waals surface area contributed by atoms with E-state index in [4.69, 9.17) is 0 Å². The molecule has 0 spiro atoms. The number of hydrogen-bond donors (Lipinski definition) is 2. The Labute approximate surface area is 132 Å². The summed E-state index contributed by atoms with van der Waals surface area (Å²) in [6.45, 7) is 7.07. The number of rotatable bonds is 8. The lowest BCUT2D eigenvalue weighted by molar-refractivity contribution is 0.197. The molecule has 0 bridgehead atoms. The van der Waals surface area contributed by atoms with Gasteiger partial charge in [-0.25, -0.2) is 13.2 Å². The van der Waals surface area contributed by atoms with Gasteiger partial charge in [0, 0.05) is 13.1 Å². The van der Waals surface area contributed by atoms with Gasteiger partial charge in [-0.3, -0.25) is 0 Å². The largest absolute Gasteiger partial charge is 0.325 e. The van der Waals surface area contributed by atoms with E-state index in [1.165, 1.54) is 0 Å². The highest BCUT2D eigenvalue weighted by Crippen LogP contribution is 2.09. The molecule has 0 unspecified atom stereocenters. The number of carbonyl (C=O) groups is 1. The van der Waals surface area contributed by atoms with Gasteiger partial charge in [0.05, 0.1) is 11.6 Å². The summed E-state index contributed by atoms with van der Waals surface area (Å²) in [7, 11) is -3.61. The van der Waals surface area contributed by atoms with E-state index in [0.29, 0.717) is 13.1 Å². The first kappa shape index (κ1) is 18.4. The zero-order valence-electron chi connectivity index (χ0n) is 13.4. The van der Waals surface area contributed by atoms with Gasteiger partial charge in [0.1, 0.15) is 0 Å². The van der Waals surface area contributed by atoms with Gasteiger partial charge in [0.15, 0.2) is 0 Å². The van der Waals surface area contributed by atoms with E-state index >= 15 is 0 Å². The second kappa shape index (κ2) is 8.75. The van der Waals surface area contributed by atoms with Crippen molar-refractivity contribution < 1.29 is 13.2 Å². The van der Waals surface area contributed by atoms with Crippen LogP contribution in [0.4, 0.5) is 4.79 Å². The Morgan fingerprint density at radius 1 is 1.09 bits per heavy atom. The van der Waals surface area contributed by atoms with Crippen molar-refractivity contribution in [3.05, 3.63) is 29.8 Å². The summed E-state index contributed by atoms with van der Waals surface area (Å²) in [5, 5.41) is 2.59. The van der Waals surface area contributed by atoms with Crippen molar-refractivity contribution in [3.8, 4) is 0 Å². The number of urea groups is 1. The zero-order valence-corrected chi connectivity index (χ0v) is 14.2. The molecule has 6 nitrogen and oxygen atoms in total. The number of nitrogens with one attached hydrogen (secondary N) is 2. The molecule has 0 radical (unpaired) electrons. The van der Waals surface area contributed by atoms with Gasteiger partial charge < -0.3 is 10.2 Å². The van der Waals surface area contributed by atoms with Crippen LogP contribution in [0.5, 0.6) is 0 Å². The fraction of sp³-hybridized carbons (Fsp3) is 0.533. The third kappa shape index (κ3) is 5.65. The van der Waals surface area contributed by atoms with Gasteiger partial charge in [0.25, 0.3) is 0 Å². The lowest BCUT2D eigenvalue weighted by atomic mass is 10.2. The van der Waals surface area contributed by atoms with Crippen LogP contribution in [0.25, 0.3) is 0 Å². The lowest BCUT2D eigenvalue weighted by Gasteiger charge is -2.22. The van der Waals surface area contributed by atoms with Crippen LogP contribution >= 0.6 is 0 Å². The number of hydrogen-bond acceptors (Lipinski definition) is 3. The summed E-state index contributed by atoms with van der Waals surface area (Å²) < 4.78 is 26.5. The average molecular weight is 327 g/mol. The quantitative estimate of drug-likeness (QED) is 0.717. The minimum atomic E-state index is -3.61. The lowest BCUT2D eigenvalue weighted by Crippen LogP contribution is -2.45. The van der Waals surface area contributed by atoms with Crippen LogP contribution in [0.15, 0.2) is 29.2 Å². The second-order valence-electron chi connectivity index (χ2n) is 5.11. The maximum atomic E-state index is 12.1. The normalized spacial score (nSPS) is 11.2. The Morgan fingerprint density at radius 3 is 2.14 bits per heavy atom. The highest BCUT2D eigenvalue weighted by Gasteiger charge is 2.15. The van der Waals surface area contributed by atoms with E-state index in [-0.39, 0.29) is 17.6 Å². The smallest absolute Gasteiger partial charge is 0.318 e. The molecule has 2 N–H and O–H groups in total. The van der Waals surface area contributed by atoms with Crippen LogP contribution in [0.2, 0.25) is 0 Å². The van der Waals surface area contributed by atoms with E-state index in [0.717, 1.165) is 18.4 Å². The summed E-state index contributed by atoms with van der Waals surface area (Å²) in [6.07, 6.45) is 1.73. The first-order valence-corrected chi connectivity index (χ1v) is 8.98. The molecular formula is C15H25N3O3S. The summed E-state index contributed by atoms with van der Waals surface area (Å²) >= 11 is 0. The van der Waals surface area contributed by atoms with Crippen LogP contribution < -0.4 is 10.0 Å². The molecule has 1 aromatic rings. The Balaban J connectivity index is 2.54. The zero-order chi connectivity index (χ0) is 16.6. The van der Waals surface area contributed by atoms with Crippen LogP contribution in [-0.2, 0) is 10.0 Å². The van der Waals surface area contributed by atoms with Gasteiger partial charge in [0.2, 0.25) is 10.0 Å². The topological polar surface area (TPSA) is 78.5 Å². The van der Waals surface area contributed by atoms with Crippen molar-refractivity contribution in [3.63, 3.8) is 0 Å². The molecule has 0 aromatic heterocycles. The number of carbonyl (C=O) groups excluding carboxylic acids is 1. The summed E-state index contributed by atoms with van der Waals surface area (Å²) in [6, 6.07) is 6.30. The Morgan fingerprint density at radius 2 is 1.64 bits per heavy atom. The van der Waals surface area contributed by atoms with Crippen molar-refractivity contribution in [1.29, 1.82) is 0 Å². The number of sulfonamides is 1. The standard InChI is InChI=1S/C15H25N3O3S/c1-4-10-18(11-5-2)15(19)16-12-17-22(20,21)14-8-6-13(3)7-9-14/h6-9,17H,4-5,10-12H2,1-3H3,(H,16,19). The maximum absolute atomic E-state index is 12.1. The van der Waals surface area contributed by atoms with Crippen LogP contribution in [0, 0.1) is 6.92 Å². The average Bonchev–Trinajstić information content (AvgIpc) is 2.47. The molecule has 0 aliphatic carbocycles. The maximum Gasteiger partial charge on any atom is 0.318 e. The molecule has 1 rings (SSSR count). The molecule has 0 atom stereocenters. The highest BCUT2D eigenvalue weighted by atomic mass is 32.2. The molecule has 0 aliphatic heterocycles. The highest BCUT2D eigenvalue weighted by molar-refractivity contribution is 7.89. The van der Waals surface area contributed by atoms with Gasteiger partial charge in [-0.05, 0) is 31.9 Å². The van der Waals surface area contributed by atoms with Crippen LogP contribution in [-0.4, -0.2) is 39.1 Å². The van der Waals surface area contributed by atoms with Gasteiger partial charge in [-0.15, -0.1) is 0 Å². The van der Waals surface area contributed by atoms with Gasteiger partial charge in [-0.2, -0.15) is 4.72 Å². The molecular weight excluding hydrogens is 302 g/mol. The molecule has 7 heteroatoms. The van der Waals surface area contributed by atoms with Crippen molar-refractivity contribution in [1.82, 2.24) is 14.9 Å². The molecule has 0 saturated heterocycles. The van der Waals surface area contributed by atoms with Crippen molar-refractivity contribution in [2.75, 3.05) is 19.8 Å². The number of nitrogens with zero attached hydrogens (tertiary/aromatic N) is 1. The molecule has 2 amide bonds. The fourth-order valence-corrected chi connectivity index (χ4v) is 2.90. The number of amides is 2. The van der Waals surface area contributed by atoms with Gasteiger partial charge >= 0.3 is 6.03 Å². The third-order valence-electron chi connectivity index (χ3n) is 3.11. The number of aryl methyl sites for hydroxylation is 1.